The highest BCUT2D eigenvalue weighted by atomic mass is 16.1. The van der Waals surface area contributed by atoms with Crippen molar-refractivity contribution in [1.82, 2.24) is 4.98 Å². The molecule has 0 unspecified atom stereocenters. The summed E-state index contributed by atoms with van der Waals surface area (Å²) in [5.41, 5.74) is 8.93. The highest BCUT2D eigenvalue weighted by Gasteiger charge is 2.01. The Morgan fingerprint density at radius 2 is 1.87 bits per heavy atom. The van der Waals surface area contributed by atoms with E-state index in [9.17, 15) is 0 Å². The molecule has 5 nitrogen and oxygen atoms in total. The van der Waals surface area contributed by atoms with Crippen LogP contribution in [0.5, 0.6) is 0 Å². The number of carbonyl (C=O) groups is 1. The van der Waals surface area contributed by atoms with E-state index in [1.807, 2.05) is 49.4 Å². The van der Waals surface area contributed by atoms with E-state index >= 15 is 0 Å². The van der Waals surface area contributed by atoms with Crippen LogP contribution in [0, 0.1) is 6.92 Å². The maximum absolute atomic E-state index is 8.81. The van der Waals surface area contributed by atoms with Crippen LogP contribution in [0.3, 0.4) is 0 Å². The van der Waals surface area contributed by atoms with Crippen LogP contribution in [-0.2, 0) is 4.79 Å². The number of aliphatic imine (C=N–C) groups is 1. The van der Waals surface area contributed by atoms with Crippen molar-refractivity contribution in [3.63, 3.8) is 0 Å². The minimum Gasteiger partial charge on any atom is -0.398 e. The van der Waals surface area contributed by atoms with Crippen molar-refractivity contribution in [3.05, 3.63) is 65.9 Å². The van der Waals surface area contributed by atoms with E-state index in [0.29, 0.717) is 11.5 Å². The normalized spacial score (nSPS) is 11.3. The van der Waals surface area contributed by atoms with Gasteiger partial charge in [0.05, 0.1) is 0 Å². The first-order valence-corrected chi connectivity index (χ1v) is 7.19. The quantitative estimate of drug-likeness (QED) is 0.519. The molecular weight excluding hydrogens is 288 g/mol. The van der Waals surface area contributed by atoms with Crippen molar-refractivity contribution >= 4 is 23.6 Å². The Morgan fingerprint density at radius 3 is 2.39 bits per heavy atom. The summed E-state index contributed by atoms with van der Waals surface area (Å²) in [5.74, 6) is 1.41. The van der Waals surface area contributed by atoms with E-state index in [0.717, 1.165) is 17.7 Å². The Hall–Kier alpha value is -2.95. The molecule has 1 aromatic heterocycles. The van der Waals surface area contributed by atoms with Crippen LogP contribution in [0.4, 0.5) is 5.82 Å². The van der Waals surface area contributed by atoms with E-state index in [-0.39, 0.29) is 0 Å². The fraction of sp³-hybridized carbons (Fsp3) is 0.167. The molecule has 0 spiro atoms. The lowest BCUT2D eigenvalue weighted by Gasteiger charge is -2.07. The van der Waals surface area contributed by atoms with Crippen LogP contribution in [0.1, 0.15) is 18.1 Å². The Bertz CT molecular complexity index is 661. The van der Waals surface area contributed by atoms with Gasteiger partial charge in [-0.15, -0.1) is 0 Å². The van der Waals surface area contributed by atoms with Gasteiger partial charge in [-0.1, -0.05) is 35.9 Å². The minimum atomic E-state index is 0.661. The predicted octanol–water partition coefficient (Wildman–Crippen LogP) is 3.04. The van der Waals surface area contributed by atoms with Crippen molar-refractivity contribution in [2.24, 2.45) is 10.7 Å². The first kappa shape index (κ1) is 18.1. The molecular formula is C18H22N4O. The van der Waals surface area contributed by atoms with Crippen LogP contribution >= 0.6 is 0 Å². The van der Waals surface area contributed by atoms with Crippen LogP contribution in [-0.4, -0.2) is 24.2 Å². The lowest BCUT2D eigenvalue weighted by atomic mass is 10.1. The zero-order valence-electron chi connectivity index (χ0n) is 13.7. The molecule has 0 saturated carbocycles. The van der Waals surface area contributed by atoms with Gasteiger partial charge in [-0.05, 0) is 31.5 Å². The fourth-order valence-electron chi connectivity index (χ4n) is 1.70. The summed E-state index contributed by atoms with van der Waals surface area (Å²) in [6.45, 7) is 3.49. The minimum absolute atomic E-state index is 0.661. The van der Waals surface area contributed by atoms with Gasteiger partial charge in [0.25, 0.3) is 0 Å². The van der Waals surface area contributed by atoms with E-state index in [4.69, 9.17) is 10.5 Å². The van der Waals surface area contributed by atoms with Gasteiger partial charge in [-0.2, -0.15) is 0 Å². The molecule has 2 rings (SSSR count). The smallest absolute Gasteiger partial charge is 0.131 e. The molecule has 3 N–H and O–H groups in total. The van der Waals surface area contributed by atoms with E-state index in [1.165, 1.54) is 12.5 Å². The lowest BCUT2D eigenvalue weighted by Crippen LogP contribution is -2.12. The number of rotatable bonds is 3. The van der Waals surface area contributed by atoms with Gasteiger partial charge >= 0.3 is 0 Å². The monoisotopic (exact) mass is 310 g/mol. The van der Waals surface area contributed by atoms with Crippen molar-refractivity contribution in [3.8, 4) is 0 Å². The molecule has 0 atom stereocenters. The summed E-state index contributed by atoms with van der Waals surface area (Å²) in [6, 6.07) is 13.7. The van der Waals surface area contributed by atoms with Gasteiger partial charge in [-0.3, -0.25) is 4.99 Å². The first-order valence-electron chi connectivity index (χ1n) is 7.19. The molecule has 0 radical (unpaired) electrons. The van der Waals surface area contributed by atoms with E-state index in [2.05, 4.69) is 15.3 Å². The third kappa shape index (κ3) is 6.56. The fourth-order valence-corrected chi connectivity index (χ4v) is 1.70. The topological polar surface area (TPSA) is 80.4 Å². The lowest BCUT2D eigenvalue weighted by molar-refractivity contribution is -0.106. The van der Waals surface area contributed by atoms with Crippen molar-refractivity contribution in [2.45, 2.75) is 13.8 Å². The summed E-state index contributed by atoms with van der Waals surface area (Å²) < 4.78 is 0. The summed E-state index contributed by atoms with van der Waals surface area (Å²) in [6.07, 6.45) is 4.28. The Kier molecular flexibility index (Phi) is 7.78. The highest BCUT2D eigenvalue weighted by molar-refractivity contribution is 6.07. The Balaban J connectivity index is 0.000000816. The van der Waals surface area contributed by atoms with Gasteiger partial charge < -0.3 is 15.8 Å². The number of anilines is 1. The molecule has 0 amide bonds. The van der Waals surface area contributed by atoms with Crippen molar-refractivity contribution in [2.75, 3.05) is 12.4 Å². The van der Waals surface area contributed by atoms with Crippen LogP contribution < -0.4 is 11.1 Å². The van der Waals surface area contributed by atoms with E-state index in [1.54, 1.807) is 19.3 Å². The largest absolute Gasteiger partial charge is 0.398 e. The Morgan fingerprint density at radius 1 is 1.22 bits per heavy atom. The van der Waals surface area contributed by atoms with Gasteiger partial charge in [0.2, 0.25) is 0 Å². The average Bonchev–Trinajstić information content (AvgIpc) is 2.56. The van der Waals surface area contributed by atoms with Crippen LogP contribution in [0.25, 0.3) is 5.70 Å². The molecule has 2 aromatic rings. The molecule has 0 aliphatic carbocycles. The predicted molar refractivity (Wildman–Crippen MR) is 96.3 cm³/mol. The third-order valence-corrected chi connectivity index (χ3v) is 2.84. The van der Waals surface area contributed by atoms with Gasteiger partial charge in [0.15, 0.2) is 0 Å². The van der Waals surface area contributed by atoms with Crippen molar-refractivity contribution < 1.29 is 4.79 Å². The van der Waals surface area contributed by atoms with Crippen LogP contribution in [0.2, 0.25) is 0 Å². The summed E-state index contributed by atoms with van der Waals surface area (Å²) >= 11 is 0. The number of hydrogen-bond donors (Lipinski definition) is 2. The highest BCUT2D eigenvalue weighted by Crippen LogP contribution is 2.11. The standard InChI is InChI=1S/C16H18N4.C2H4O/c1-12-6-8-13(9-7-12)14(17)11-16(18-2)20-15-5-3-4-10-19-15;1-2-3/h3-11H,17H2,1-2H3,(H,18,19,20);2H,1H3/b14-11-;. The summed E-state index contributed by atoms with van der Waals surface area (Å²) in [5, 5.41) is 3.12. The van der Waals surface area contributed by atoms with Gasteiger partial charge in [0.1, 0.15) is 17.9 Å². The number of aldehydes is 1. The molecule has 5 heteroatoms. The average molecular weight is 310 g/mol. The second-order valence-corrected chi connectivity index (χ2v) is 4.65. The number of carbonyl (C=O) groups excluding carboxylic acids is 1. The number of aromatic nitrogens is 1. The number of nitrogens with one attached hydrogen (secondary N) is 1. The van der Waals surface area contributed by atoms with Gasteiger partial charge in [0, 0.05) is 25.0 Å². The van der Waals surface area contributed by atoms with Crippen molar-refractivity contribution in [1.29, 1.82) is 0 Å². The maximum atomic E-state index is 8.81. The molecule has 120 valence electrons. The number of nitrogens with two attached hydrogens (primary N) is 1. The molecule has 0 aliphatic heterocycles. The molecule has 0 saturated heterocycles. The first-order chi connectivity index (χ1) is 11.1. The SMILES string of the molecule is CC=O.CN=C(/C=C(\N)c1ccc(C)cc1)Nc1ccccn1. The number of amidine groups is 1. The second-order valence-electron chi connectivity index (χ2n) is 4.65. The van der Waals surface area contributed by atoms with Gasteiger partial charge in [-0.25, -0.2) is 4.98 Å². The van der Waals surface area contributed by atoms with E-state index < -0.39 is 0 Å². The van der Waals surface area contributed by atoms with Crippen LogP contribution in [0.15, 0.2) is 59.7 Å². The maximum Gasteiger partial charge on any atom is 0.131 e. The molecule has 1 heterocycles. The third-order valence-electron chi connectivity index (χ3n) is 2.84. The number of aryl methyl sites for hydroxylation is 1. The molecule has 0 bridgehead atoms. The molecule has 23 heavy (non-hydrogen) atoms. The zero-order valence-corrected chi connectivity index (χ0v) is 13.7. The molecule has 0 fully saturated rings. The number of nitrogens with zero attached hydrogens (tertiary/aromatic N) is 2. The molecule has 0 aliphatic rings. The summed E-state index contributed by atoms with van der Waals surface area (Å²) in [4.78, 5) is 17.2. The zero-order chi connectivity index (χ0) is 17.1. The summed E-state index contributed by atoms with van der Waals surface area (Å²) in [7, 11) is 1.71. The number of pyridine rings is 1. The number of benzene rings is 1. The Labute approximate surface area is 137 Å². The molecule has 1 aromatic carbocycles. The number of hydrogen-bond acceptors (Lipinski definition) is 4. The second kappa shape index (κ2) is 9.89.